The molecule has 1 aromatic rings. The maximum atomic E-state index is 8.94. The highest BCUT2D eigenvalue weighted by Gasteiger charge is 2.24. The summed E-state index contributed by atoms with van der Waals surface area (Å²) >= 11 is 3.38. The third-order valence-corrected chi connectivity index (χ3v) is 2.86. The van der Waals surface area contributed by atoms with Crippen LogP contribution in [0.15, 0.2) is 22.9 Å². The van der Waals surface area contributed by atoms with Crippen LogP contribution in [0, 0.1) is 11.3 Å². The number of halogens is 1. The van der Waals surface area contributed by atoms with E-state index < -0.39 is 0 Å². The highest BCUT2D eigenvalue weighted by atomic mass is 79.9. The number of nitriles is 1. The smallest absolute Gasteiger partial charge is 0.117 e. The first kappa shape index (κ1) is 9.47. The first-order chi connectivity index (χ1) is 6.81. The van der Waals surface area contributed by atoms with E-state index in [0.29, 0.717) is 0 Å². The number of pyridine rings is 1. The average Bonchev–Trinajstić information content (AvgIpc) is 2.65. The lowest BCUT2D eigenvalue weighted by molar-refractivity contribution is 0.816. The molecular weight excluding hydrogens is 242 g/mol. The van der Waals surface area contributed by atoms with Gasteiger partial charge in [0.1, 0.15) is 6.04 Å². The maximum Gasteiger partial charge on any atom is 0.117 e. The Morgan fingerprint density at radius 1 is 1.57 bits per heavy atom. The first-order valence-electron chi connectivity index (χ1n) is 4.58. The number of nitrogens with zero attached hydrogens (tertiary/aromatic N) is 3. The summed E-state index contributed by atoms with van der Waals surface area (Å²) < 4.78 is 0.957. The monoisotopic (exact) mass is 251 g/mol. The van der Waals surface area contributed by atoms with Gasteiger partial charge in [0.2, 0.25) is 0 Å². The highest BCUT2D eigenvalue weighted by molar-refractivity contribution is 9.10. The molecular formula is C10H10BrN3. The second-order valence-corrected chi connectivity index (χ2v) is 4.26. The average molecular weight is 252 g/mol. The summed E-state index contributed by atoms with van der Waals surface area (Å²) in [6.45, 7) is 0.955. The second-order valence-electron chi connectivity index (χ2n) is 3.34. The van der Waals surface area contributed by atoms with E-state index >= 15 is 0 Å². The molecule has 0 aromatic carbocycles. The Morgan fingerprint density at radius 3 is 3.14 bits per heavy atom. The molecule has 0 spiro atoms. The fraction of sp³-hybridized carbons (Fsp3) is 0.400. The van der Waals surface area contributed by atoms with Crippen LogP contribution in [0.2, 0.25) is 0 Å². The van der Waals surface area contributed by atoms with Gasteiger partial charge in [-0.3, -0.25) is 4.98 Å². The molecule has 0 amide bonds. The Kier molecular flexibility index (Phi) is 2.69. The number of anilines is 1. The molecule has 1 unspecified atom stereocenters. The lowest BCUT2D eigenvalue weighted by Gasteiger charge is -2.21. The molecule has 72 valence electrons. The molecule has 1 saturated heterocycles. The highest BCUT2D eigenvalue weighted by Crippen LogP contribution is 2.26. The Balaban J connectivity index is 2.27. The quantitative estimate of drug-likeness (QED) is 0.770. The minimum Gasteiger partial charge on any atom is -0.354 e. The van der Waals surface area contributed by atoms with Crippen molar-refractivity contribution in [1.82, 2.24) is 4.98 Å². The van der Waals surface area contributed by atoms with Gasteiger partial charge in [-0.15, -0.1) is 0 Å². The summed E-state index contributed by atoms with van der Waals surface area (Å²) in [4.78, 5) is 6.21. The SMILES string of the molecule is N#CC1CCCN1c1cncc(Br)c1. The zero-order chi connectivity index (χ0) is 9.97. The van der Waals surface area contributed by atoms with Crippen molar-refractivity contribution in [3.63, 3.8) is 0 Å². The van der Waals surface area contributed by atoms with Crippen LogP contribution in [-0.2, 0) is 0 Å². The van der Waals surface area contributed by atoms with E-state index in [1.165, 1.54) is 0 Å². The number of hydrogen-bond acceptors (Lipinski definition) is 3. The largest absolute Gasteiger partial charge is 0.354 e. The van der Waals surface area contributed by atoms with Crippen LogP contribution >= 0.6 is 15.9 Å². The van der Waals surface area contributed by atoms with Crippen LogP contribution < -0.4 is 4.90 Å². The Hall–Kier alpha value is -1.08. The molecule has 0 radical (unpaired) electrons. The normalized spacial score (nSPS) is 20.9. The maximum absolute atomic E-state index is 8.94. The van der Waals surface area contributed by atoms with Crippen molar-refractivity contribution in [3.05, 3.63) is 22.9 Å². The molecule has 1 aliphatic rings. The van der Waals surface area contributed by atoms with Crippen molar-refractivity contribution in [2.24, 2.45) is 0 Å². The lowest BCUT2D eigenvalue weighted by atomic mass is 10.2. The van der Waals surface area contributed by atoms with Crippen LogP contribution in [0.4, 0.5) is 5.69 Å². The molecule has 3 nitrogen and oxygen atoms in total. The molecule has 2 heterocycles. The molecule has 1 aliphatic heterocycles. The van der Waals surface area contributed by atoms with Crippen LogP contribution in [0.3, 0.4) is 0 Å². The molecule has 1 aromatic heterocycles. The minimum atomic E-state index is 0.0195. The van der Waals surface area contributed by atoms with Gasteiger partial charge in [0.15, 0.2) is 0 Å². The summed E-state index contributed by atoms with van der Waals surface area (Å²) in [5.41, 5.74) is 1.03. The van der Waals surface area contributed by atoms with E-state index in [4.69, 9.17) is 5.26 Å². The van der Waals surface area contributed by atoms with Gasteiger partial charge in [-0.25, -0.2) is 0 Å². The summed E-state index contributed by atoms with van der Waals surface area (Å²) in [5.74, 6) is 0. The third kappa shape index (κ3) is 1.73. The van der Waals surface area contributed by atoms with Gasteiger partial charge in [-0.05, 0) is 34.8 Å². The summed E-state index contributed by atoms with van der Waals surface area (Å²) in [6.07, 6.45) is 5.61. The molecule has 2 rings (SSSR count). The van der Waals surface area contributed by atoms with Crippen molar-refractivity contribution >= 4 is 21.6 Å². The standard InChI is InChI=1S/C10H10BrN3/c11-8-4-10(7-13-6-8)14-3-1-2-9(14)5-12/h4,6-7,9H,1-3H2. The predicted octanol–water partition coefficient (Wildman–Crippen LogP) is 2.34. The summed E-state index contributed by atoms with van der Waals surface area (Å²) in [6, 6.07) is 4.34. The minimum absolute atomic E-state index is 0.0195. The van der Waals surface area contributed by atoms with Crippen molar-refractivity contribution < 1.29 is 0 Å². The van der Waals surface area contributed by atoms with Gasteiger partial charge < -0.3 is 4.90 Å². The summed E-state index contributed by atoms with van der Waals surface area (Å²) in [7, 11) is 0. The van der Waals surface area contributed by atoms with E-state index in [1.807, 2.05) is 6.07 Å². The first-order valence-corrected chi connectivity index (χ1v) is 5.37. The van der Waals surface area contributed by atoms with E-state index in [9.17, 15) is 0 Å². The molecule has 1 atom stereocenters. The molecule has 4 heteroatoms. The van der Waals surface area contributed by atoms with Crippen molar-refractivity contribution in [3.8, 4) is 6.07 Å². The van der Waals surface area contributed by atoms with Gasteiger partial charge in [0.25, 0.3) is 0 Å². The number of rotatable bonds is 1. The number of hydrogen-bond donors (Lipinski definition) is 0. The molecule has 0 bridgehead atoms. The lowest BCUT2D eigenvalue weighted by Crippen LogP contribution is -2.27. The molecule has 0 N–H and O–H groups in total. The predicted molar refractivity (Wildman–Crippen MR) is 57.9 cm³/mol. The zero-order valence-corrected chi connectivity index (χ0v) is 9.24. The van der Waals surface area contributed by atoms with Crippen LogP contribution in [0.5, 0.6) is 0 Å². The second kappa shape index (κ2) is 3.97. The van der Waals surface area contributed by atoms with Gasteiger partial charge in [-0.2, -0.15) is 5.26 Å². The topological polar surface area (TPSA) is 39.9 Å². The Bertz CT molecular complexity index is 372. The fourth-order valence-electron chi connectivity index (χ4n) is 1.77. The van der Waals surface area contributed by atoms with Gasteiger partial charge in [0.05, 0.1) is 18.0 Å². The third-order valence-electron chi connectivity index (χ3n) is 2.42. The fourth-order valence-corrected chi connectivity index (χ4v) is 2.12. The Labute approximate surface area is 91.5 Å². The van der Waals surface area contributed by atoms with E-state index in [1.54, 1.807) is 12.4 Å². The van der Waals surface area contributed by atoms with E-state index in [-0.39, 0.29) is 6.04 Å². The van der Waals surface area contributed by atoms with Crippen molar-refractivity contribution in [1.29, 1.82) is 5.26 Å². The van der Waals surface area contributed by atoms with Crippen molar-refractivity contribution in [2.45, 2.75) is 18.9 Å². The summed E-state index contributed by atoms with van der Waals surface area (Å²) in [5, 5.41) is 8.94. The van der Waals surface area contributed by atoms with Gasteiger partial charge in [0, 0.05) is 17.2 Å². The van der Waals surface area contributed by atoms with Crippen LogP contribution in [0.25, 0.3) is 0 Å². The Morgan fingerprint density at radius 2 is 2.43 bits per heavy atom. The van der Waals surface area contributed by atoms with Crippen LogP contribution in [0.1, 0.15) is 12.8 Å². The van der Waals surface area contributed by atoms with Crippen molar-refractivity contribution in [2.75, 3.05) is 11.4 Å². The molecule has 1 fully saturated rings. The number of aromatic nitrogens is 1. The molecule has 0 saturated carbocycles. The van der Waals surface area contributed by atoms with Gasteiger partial charge >= 0.3 is 0 Å². The molecule has 0 aliphatic carbocycles. The zero-order valence-electron chi connectivity index (χ0n) is 7.65. The van der Waals surface area contributed by atoms with E-state index in [0.717, 1.165) is 29.5 Å². The van der Waals surface area contributed by atoms with Crippen LogP contribution in [-0.4, -0.2) is 17.6 Å². The van der Waals surface area contributed by atoms with E-state index in [2.05, 4.69) is 31.9 Å². The van der Waals surface area contributed by atoms with Gasteiger partial charge in [-0.1, -0.05) is 0 Å². The molecule has 14 heavy (non-hydrogen) atoms.